The van der Waals surface area contributed by atoms with Crippen LogP contribution in [0.2, 0.25) is 0 Å². The van der Waals surface area contributed by atoms with E-state index in [4.69, 9.17) is 5.26 Å². The maximum absolute atomic E-state index is 12.8. The highest BCUT2D eigenvalue weighted by molar-refractivity contribution is 5.92. The van der Waals surface area contributed by atoms with Crippen molar-refractivity contribution in [2.75, 3.05) is 18.4 Å². The third kappa shape index (κ3) is 4.76. The van der Waals surface area contributed by atoms with Crippen LogP contribution >= 0.6 is 0 Å². The summed E-state index contributed by atoms with van der Waals surface area (Å²) < 4.78 is 38.4. The fraction of sp³-hybridized carbons (Fsp3) is 0.429. The lowest BCUT2D eigenvalue weighted by Gasteiger charge is -2.14. The van der Waals surface area contributed by atoms with Crippen molar-refractivity contribution in [1.82, 2.24) is 5.32 Å². The Bertz CT molecular complexity index is 549. The molecule has 21 heavy (non-hydrogen) atoms. The second-order valence-corrected chi connectivity index (χ2v) is 4.57. The van der Waals surface area contributed by atoms with Crippen LogP contribution in [-0.4, -0.2) is 19.0 Å². The van der Waals surface area contributed by atoms with Crippen molar-refractivity contribution in [1.29, 1.82) is 5.26 Å². The number of nitriles is 1. The van der Waals surface area contributed by atoms with Gasteiger partial charge >= 0.3 is 6.18 Å². The van der Waals surface area contributed by atoms with Crippen LogP contribution < -0.4 is 10.6 Å². The summed E-state index contributed by atoms with van der Waals surface area (Å²) in [6.07, 6.45) is -4.64. The fourth-order valence-electron chi connectivity index (χ4n) is 1.67. The van der Waals surface area contributed by atoms with E-state index in [1.807, 2.05) is 6.92 Å². The minimum Gasteiger partial charge on any atom is -0.326 e. The van der Waals surface area contributed by atoms with Gasteiger partial charge in [0.05, 0.1) is 17.2 Å². The van der Waals surface area contributed by atoms with Crippen molar-refractivity contribution in [3.63, 3.8) is 0 Å². The first kappa shape index (κ1) is 17.0. The second kappa shape index (κ2) is 7.09. The Morgan fingerprint density at radius 1 is 1.43 bits per heavy atom. The summed E-state index contributed by atoms with van der Waals surface area (Å²) in [5.74, 6) is -0.760. The van der Waals surface area contributed by atoms with Crippen LogP contribution in [0.4, 0.5) is 18.9 Å². The molecule has 1 amide bonds. The molecule has 1 unspecified atom stereocenters. The molecule has 1 aromatic rings. The Hall–Kier alpha value is -2.07. The molecule has 2 N–H and O–H groups in total. The molecule has 0 radical (unpaired) electrons. The van der Waals surface area contributed by atoms with E-state index in [1.54, 1.807) is 6.92 Å². The monoisotopic (exact) mass is 299 g/mol. The number of hydrogen-bond donors (Lipinski definition) is 2. The number of nitrogens with one attached hydrogen (secondary N) is 2. The van der Waals surface area contributed by atoms with Gasteiger partial charge in [-0.05, 0) is 24.7 Å². The third-order valence-corrected chi connectivity index (χ3v) is 2.86. The second-order valence-electron chi connectivity index (χ2n) is 4.57. The number of rotatable bonds is 5. The first-order chi connectivity index (χ1) is 9.79. The molecule has 1 aromatic carbocycles. The Morgan fingerprint density at radius 3 is 2.62 bits per heavy atom. The Morgan fingerprint density at radius 2 is 2.10 bits per heavy atom. The predicted octanol–water partition coefficient (Wildman–Crippen LogP) is 2.76. The molecule has 0 bridgehead atoms. The summed E-state index contributed by atoms with van der Waals surface area (Å²) >= 11 is 0. The Kier molecular flexibility index (Phi) is 5.73. The average Bonchev–Trinajstić information content (AvgIpc) is 2.43. The lowest BCUT2D eigenvalue weighted by molar-refractivity contribution is -0.137. The number of amides is 1. The van der Waals surface area contributed by atoms with Gasteiger partial charge in [0.2, 0.25) is 5.91 Å². The highest BCUT2D eigenvalue weighted by atomic mass is 19.4. The molecule has 1 rings (SSSR count). The van der Waals surface area contributed by atoms with Crippen LogP contribution in [0.25, 0.3) is 0 Å². The third-order valence-electron chi connectivity index (χ3n) is 2.86. The summed E-state index contributed by atoms with van der Waals surface area (Å²) in [6.45, 7) is 4.70. The van der Waals surface area contributed by atoms with E-state index in [0.29, 0.717) is 13.1 Å². The molecule has 0 spiro atoms. The Labute approximate surface area is 121 Å². The molecule has 4 nitrogen and oxygen atoms in total. The van der Waals surface area contributed by atoms with Gasteiger partial charge in [-0.1, -0.05) is 13.8 Å². The average molecular weight is 299 g/mol. The van der Waals surface area contributed by atoms with E-state index in [0.717, 1.165) is 12.1 Å². The lowest BCUT2D eigenvalue weighted by atomic mass is 10.1. The van der Waals surface area contributed by atoms with Crippen molar-refractivity contribution in [2.24, 2.45) is 5.92 Å². The largest absolute Gasteiger partial charge is 0.417 e. The van der Waals surface area contributed by atoms with Gasteiger partial charge in [-0.15, -0.1) is 0 Å². The van der Waals surface area contributed by atoms with Crippen molar-refractivity contribution >= 4 is 11.6 Å². The molecule has 0 aliphatic heterocycles. The van der Waals surface area contributed by atoms with E-state index < -0.39 is 17.3 Å². The fourth-order valence-corrected chi connectivity index (χ4v) is 1.67. The van der Waals surface area contributed by atoms with Gasteiger partial charge in [0, 0.05) is 18.2 Å². The summed E-state index contributed by atoms with van der Waals surface area (Å²) in [6, 6.07) is 4.60. The topological polar surface area (TPSA) is 64.9 Å². The summed E-state index contributed by atoms with van der Waals surface area (Å²) in [7, 11) is 0. The van der Waals surface area contributed by atoms with E-state index >= 15 is 0 Å². The zero-order valence-corrected chi connectivity index (χ0v) is 11.7. The highest BCUT2D eigenvalue weighted by Gasteiger charge is 2.34. The molecule has 1 atom stereocenters. The highest BCUT2D eigenvalue weighted by Crippen LogP contribution is 2.33. The lowest BCUT2D eigenvalue weighted by Crippen LogP contribution is -2.30. The van der Waals surface area contributed by atoms with Gasteiger partial charge in [0.1, 0.15) is 0 Å². The summed E-state index contributed by atoms with van der Waals surface area (Å²) in [5.41, 5.74) is -1.50. The first-order valence-corrected chi connectivity index (χ1v) is 6.42. The van der Waals surface area contributed by atoms with Gasteiger partial charge in [-0.25, -0.2) is 0 Å². The summed E-state index contributed by atoms with van der Waals surface area (Å²) in [5, 5.41) is 14.1. The van der Waals surface area contributed by atoms with Crippen LogP contribution in [0, 0.1) is 17.2 Å². The van der Waals surface area contributed by atoms with Crippen molar-refractivity contribution < 1.29 is 18.0 Å². The maximum atomic E-state index is 12.8. The van der Waals surface area contributed by atoms with Crippen LogP contribution in [0.3, 0.4) is 0 Å². The summed E-state index contributed by atoms with van der Waals surface area (Å²) in [4.78, 5) is 11.8. The number of benzene rings is 1. The number of nitrogens with zero attached hydrogens (tertiary/aromatic N) is 1. The minimum atomic E-state index is -4.64. The zero-order chi connectivity index (χ0) is 16.0. The zero-order valence-electron chi connectivity index (χ0n) is 11.7. The number of anilines is 1. The van der Waals surface area contributed by atoms with E-state index in [1.165, 1.54) is 12.1 Å². The smallest absolute Gasteiger partial charge is 0.326 e. The predicted molar refractivity (Wildman–Crippen MR) is 72.5 cm³/mol. The van der Waals surface area contributed by atoms with Crippen molar-refractivity contribution in [3.05, 3.63) is 29.3 Å². The molecule has 7 heteroatoms. The molecule has 0 saturated heterocycles. The van der Waals surface area contributed by atoms with Gasteiger partial charge in [0.25, 0.3) is 0 Å². The number of alkyl halides is 3. The van der Waals surface area contributed by atoms with Gasteiger partial charge in [-0.2, -0.15) is 18.4 Å². The normalized spacial score (nSPS) is 12.6. The molecule has 0 aliphatic rings. The minimum absolute atomic E-state index is 0.0228. The molecular formula is C14H16F3N3O. The molecule has 0 aliphatic carbocycles. The van der Waals surface area contributed by atoms with Crippen molar-refractivity contribution in [3.8, 4) is 6.07 Å². The van der Waals surface area contributed by atoms with E-state index in [9.17, 15) is 18.0 Å². The molecule has 114 valence electrons. The van der Waals surface area contributed by atoms with Crippen LogP contribution in [0.5, 0.6) is 0 Å². The number of hydrogen-bond acceptors (Lipinski definition) is 3. The van der Waals surface area contributed by atoms with Gasteiger partial charge in [-0.3, -0.25) is 4.79 Å². The Balaban J connectivity index is 2.91. The standard InChI is InChI=1S/C14H16F3N3O/c1-3-19-8-9(2)13(21)20-11-5-4-10(7-18)12(6-11)14(15,16)17/h4-6,9,19H,3,8H2,1-2H3,(H,20,21). The molecule has 0 aromatic heterocycles. The van der Waals surface area contributed by atoms with Crippen LogP contribution in [0.1, 0.15) is 25.0 Å². The number of halogens is 3. The van der Waals surface area contributed by atoms with E-state index in [2.05, 4.69) is 10.6 Å². The number of carbonyl (C=O) groups is 1. The SMILES string of the molecule is CCNCC(C)C(=O)Nc1ccc(C#N)c(C(F)(F)F)c1. The maximum Gasteiger partial charge on any atom is 0.417 e. The first-order valence-electron chi connectivity index (χ1n) is 6.42. The van der Waals surface area contributed by atoms with Crippen LogP contribution in [-0.2, 0) is 11.0 Å². The quantitative estimate of drug-likeness (QED) is 0.878. The molecule has 0 fully saturated rings. The molecule has 0 heterocycles. The van der Waals surface area contributed by atoms with Crippen molar-refractivity contribution in [2.45, 2.75) is 20.0 Å². The van der Waals surface area contributed by atoms with Gasteiger partial charge < -0.3 is 10.6 Å². The molecular weight excluding hydrogens is 283 g/mol. The van der Waals surface area contributed by atoms with E-state index in [-0.39, 0.29) is 17.5 Å². The van der Waals surface area contributed by atoms with Crippen LogP contribution in [0.15, 0.2) is 18.2 Å². The molecule has 0 saturated carbocycles. The number of carbonyl (C=O) groups excluding carboxylic acids is 1. The van der Waals surface area contributed by atoms with Gasteiger partial charge in [0.15, 0.2) is 0 Å².